The number of piperidine rings is 1. The first-order chi connectivity index (χ1) is 16.9. The number of rotatable bonds is 6. The van der Waals surface area contributed by atoms with E-state index >= 15 is 8.78 Å². The van der Waals surface area contributed by atoms with Gasteiger partial charge in [0, 0.05) is 19.6 Å². The largest absolute Gasteiger partial charge is 0.416 e. The molecule has 2 aromatic rings. The number of aromatic nitrogens is 2. The Hall–Kier alpha value is -2.58. The molecule has 0 aliphatic carbocycles. The van der Waals surface area contributed by atoms with Gasteiger partial charge < -0.3 is 15.0 Å². The van der Waals surface area contributed by atoms with Crippen LogP contribution in [0.2, 0.25) is 0 Å². The fourth-order valence-electron chi connectivity index (χ4n) is 4.35. The van der Waals surface area contributed by atoms with Gasteiger partial charge >= 0.3 is 6.18 Å². The van der Waals surface area contributed by atoms with E-state index in [2.05, 4.69) is 15.3 Å². The number of nitrogens with zero attached hydrogens (tertiary/aromatic N) is 4. The zero-order valence-electron chi connectivity index (χ0n) is 19.4. The molecular weight excluding hydrogens is 509 g/mol. The third-order valence-electron chi connectivity index (χ3n) is 6.45. The van der Waals surface area contributed by atoms with Crippen molar-refractivity contribution in [3.8, 4) is 0 Å². The summed E-state index contributed by atoms with van der Waals surface area (Å²) in [6.45, 7) is 0.376. The van der Waals surface area contributed by atoms with Crippen LogP contribution in [-0.4, -0.2) is 74.0 Å². The normalized spacial score (nSPS) is 21.4. The summed E-state index contributed by atoms with van der Waals surface area (Å²) >= 11 is 0. The van der Waals surface area contributed by atoms with Crippen molar-refractivity contribution in [1.29, 1.82) is 0 Å². The minimum Gasteiger partial charge on any atom is -0.377 e. The van der Waals surface area contributed by atoms with Crippen molar-refractivity contribution in [2.24, 2.45) is 0 Å². The number of sulfonamides is 1. The Kier molecular flexibility index (Phi) is 7.40. The van der Waals surface area contributed by atoms with E-state index in [9.17, 15) is 21.6 Å². The van der Waals surface area contributed by atoms with E-state index < -0.39 is 39.3 Å². The predicted octanol–water partition coefficient (Wildman–Crippen LogP) is 3.39. The molecule has 0 spiro atoms. The van der Waals surface area contributed by atoms with Gasteiger partial charge in [0.15, 0.2) is 11.6 Å². The summed E-state index contributed by atoms with van der Waals surface area (Å²) in [7, 11) is -3.41. The third kappa shape index (κ3) is 5.86. The molecule has 0 saturated carbocycles. The highest BCUT2D eigenvalue weighted by Crippen LogP contribution is 2.35. The van der Waals surface area contributed by atoms with Crippen LogP contribution in [0.25, 0.3) is 0 Å². The van der Waals surface area contributed by atoms with Crippen LogP contribution in [0.3, 0.4) is 0 Å². The summed E-state index contributed by atoms with van der Waals surface area (Å²) in [5.41, 5.74) is -2.05. The van der Waals surface area contributed by atoms with Gasteiger partial charge in [-0.3, -0.25) is 0 Å². The summed E-state index contributed by atoms with van der Waals surface area (Å²) in [6, 6.07) is 3.97. The van der Waals surface area contributed by atoms with Gasteiger partial charge in [-0.2, -0.15) is 17.6 Å². The molecule has 2 aliphatic rings. The molecule has 1 N–H and O–H groups in total. The SMILES string of the molecule is CS(=O)(=O)N1CCC(F)(CNc2ncnc(N3CCOC[C@@H]3c3ccc(C(F)(F)F)cc3)c2F)CC1. The lowest BCUT2D eigenvalue weighted by atomic mass is 9.94. The number of benzene rings is 1. The Labute approximate surface area is 205 Å². The quantitative estimate of drug-likeness (QED) is 0.568. The third-order valence-corrected chi connectivity index (χ3v) is 7.76. The van der Waals surface area contributed by atoms with Crippen LogP contribution in [-0.2, 0) is 20.9 Å². The van der Waals surface area contributed by atoms with E-state index in [1.807, 2.05) is 0 Å². The molecule has 0 unspecified atom stereocenters. The van der Waals surface area contributed by atoms with Crippen LogP contribution in [0.15, 0.2) is 30.6 Å². The maximum absolute atomic E-state index is 15.4. The second-order valence-corrected chi connectivity index (χ2v) is 10.9. The summed E-state index contributed by atoms with van der Waals surface area (Å²) in [4.78, 5) is 9.52. The van der Waals surface area contributed by atoms with Gasteiger partial charge in [0.25, 0.3) is 0 Å². The first-order valence-electron chi connectivity index (χ1n) is 11.3. The van der Waals surface area contributed by atoms with E-state index in [1.54, 1.807) is 4.90 Å². The van der Waals surface area contributed by atoms with E-state index in [4.69, 9.17) is 4.74 Å². The number of anilines is 2. The molecule has 198 valence electrons. The van der Waals surface area contributed by atoms with Gasteiger partial charge in [-0.1, -0.05) is 12.1 Å². The first-order valence-corrected chi connectivity index (χ1v) is 13.1. The van der Waals surface area contributed by atoms with Gasteiger partial charge in [-0.15, -0.1) is 0 Å². The van der Waals surface area contributed by atoms with Crippen molar-refractivity contribution in [3.63, 3.8) is 0 Å². The van der Waals surface area contributed by atoms with Crippen LogP contribution in [0.4, 0.5) is 33.6 Å². The minimum atomic E-state index is -4.48. The van der Waals surface area contributed by atoms with Gasteiger partial charge in [0.2, 0.25) is 15.8 Å². The number of hydrogen-bond donors (Lipinski definition) is 1. The van der Waals surface area contributed by atoms with Crippen molar-refractivity contribution in [3.05, 3.63) is 47.5 Å². The molecule has 1 atom stereocenters. The lowest BCUT2D eigenvalue weighted by Gasteiger charge is -2.37. The van der Waals surface area contributed by atoms with E-state index in [1.165, 1.54) is 16.4 Å². The Morgan fingerprint density at radius 2 is 1.81 bits per heavy atom. The molecular formula is C22H26F5N5O3S. The van der Waals surface area contributed by atoms with Gasteiger partial charge in [0.1, 0.15) is 12.0 Å². The highest BCUT2D eigenvalue weighted by molar-refractivity contribution is 7.88. The van der Waals surface area contributed by atoms with Crippen molar-refractivity contribution in [2.45, 2.75) is 30.7 Å². The molecule has 14 heteroatoms. The topological polar surface area (TPSA) is 87.7 Å². The van der Waals surface area contributed by atoms with Crippen LogP contribution in [0.1, 0.15) is 30.0 Å². The monoisotopic (exact) mass is 535 g/mol. The van der Waals surface area contributed by atoms with Crippen LogP contribution >= 0.6 is 0 Å². The molecule has 1 aromatic heterocycles. The van der Waals surface area contributed by atoms with E-state index in [0.29, 0.717) is 5.56 Å². The summed E-state index contributed by atoms with van der Waals surface area (Å²) < 4.78 is 99.5. The van der Waals surface area contributed by atoms with Crippen LogP contribution < -0.4 is 10.2 Å². The average molecular weight is 536 g/mol. The Bertz CT molecular complexity index is 1170. The fourth-order valence-corrected chi connectivity index (χ4v) is 5.19. The van der Waals surface area contributed by atoms with Crippen molar-refractivity contribution in [1.82, 2.24) is 14.3 Å². The maximum Gasteiger partial charge on any atom is 0.416 e. The van der Waals surface area contributed by atoms with Crippen molar-refractivity contribution in [2.75, 3.05) is 55.9 Å². The van der Waals surface area contributed by atoms with Gasteiger partial charge in [0.05, 0.1) is 37.6 Å². The zero-order valence-corrected chi connectivity index (χ0v) is 20.2. The Morgan fingerprint density at radius 1 is 1.14 bits per heavy atom. The molecule has 4 rings (SSSR count). The zero-order chi connectivity index (χ0) is 26.1. The predicted molar refractivity (Wildman–Crippen MR) is 122 cm³/mol. The molecule has 8 nitrogen and oxygen atoms in total. The van der Waals surface area contributed by atoms with Gasteiger partial charge in [-0.05, 0) is 30.5 Å². The number of halogens is 5. The first kappa shape index (κ1) is 26.5. The molecule has 0 bridgehead atoms. The second-order valence-electron chi connectivity index (χ2n) is 8.93. The van der Waals surface area contributed by atoms with E-state index in [0.717, 1.165) is 24.7 Å². The van der Waals surface area contributed by atoms with Crippen molar-refractivity contribution >= 4 is 21.7 Å². The van der Waals surface area contributed by atoms with Crippen LogP contribution in [0.5, 0.6) is 0 Å². The maximum atomic E-state index is 15.4. The molecule has 2 fully saturated rings. The molecule has 0 amide bonds. The number of morpholine rings is 1. The highest BCUT2D eigenvalue weighted by Gasteiger charge is 2.38. The molecule has 1 aromatic carbocycles. The Balaban J connectivity index is 1.49. The lowest BCUT2D eigenvalue weighted by Crippen LogP contribution is -2.47. The molecule has 2 saturated heterocycles. The van der Waals surface area contributed by atoms with Crippen molar-refractivity contribution < 1.29 is 35.1 Å². The number of ether oxygens (including phenoxy) is 1. The second kappa shape index (κ2) is 10.1. The Morgan fingerprint density at radius 3 is 2.42 bits per heavy atom. The molecule has 2 aliphatic heterocycles. The fraction of sp³-hybridized carbons (Fsp3) is 0.545. The van der Waals surface area contributed by atoms with E-state index in [-0.39, 0.29) is 63.9 Å². The molecule has 36 heavy (non-hydrogen) atoms. The van der Waals surface area contributed by atoms with Gasteiger partial charge in [-0.25, -0.2) is 27.1 Å². The molecule has 3 heterocycles. The summed E-state index contributed by atoms with van der Waals surface area (Å²) in [6.07, 6.45) is -2.39. The smallest absolute Gasteiger partial charge is 0.377 e. The summed E-state index contributed by atoms with van der Waals surface area (Å²) in [5.74, 6) is -1.13. The molecule has 0 radical (unpaired) electrons. The standard InChI is InChI=1S/C22H26F5N5O3S/c1-36(33,34)31-8-6-21(24,7-9-31)13-28-19-18(23)20(30-14-29-19)32-10-11-35-12-17(32)15-2-4-16(5-3-15)22(25,26)27/h2-5,14,17H,6-13H2,1H3,(H,28,29,30)/t17-/m1/s1. The average Bonchev–Trinajstić information content (AvgIpc) is 2.83. The summed E-state index contributed by atoms with van der Waals surface area (Å²) in [5, 5.41) is 2.68. The highest BCUT2D eigenvalue weighted by atomic mass is 32.2. The van der Waals surface area contributed by atoms with Crippen LogP contribution in [0, 0.1) is 5.82 Å². The minimum absolute atomic E-state index is 0.0249. The number of hydrogen-bond acceptors (Lipinski definition) is 7. The lowest BCUT2D eigenvalue weighted by molar-refractivity contribution is -0.137. The number of nitrogens with one attached hydrogen (secondary N) is 1. The number of alkyl halides is 4.